The first-order chi connectivity index (χ1) is 8.72. The van der Waals surface area contributed by atoms with Gasteiger partial charge in [0.05, 0.1) is 18.3 Å². The molecule has 0 aliphatic heterocycles. The Morgan fingerprint density at radius 2 is 2.33 bits per heavy atom. The Morgan fingerprint density at radius 1 is 1.50 bits per heavy atom. The van der Waals surface area contributed by atoms with Gasteiger partial charge in [0, 0.05) is 11.9 Å². The highest BCUT2D eigenvalue weighted by molar-refractivity contribution is 7.08. The summed E-state index contributed by atoms with van der Waals surface area (Å²) < 4.78 is 4.88. The lowest BCUT2D eigenvalue weighted by atomic mass is 10.1. The highest BCUT2D eigenvalue weighted by atomic mass is 32.1. The van der Waals surface area contributed by atoms with Crippen molar-refractivity contribution in [2.24, 2.45) is 0 Å². The van der Waals surface area contributed by atoms with Gasteiger partial charge in [0.1, 0.15) is 6.04 Å². The molecule has 6 heteroatoms. The monoisotopic (exact) mass is 282 g/mol. The molecule has 0 radical (unpaired) electrons. The van der Waals surface area contributed by atoms with E-state index in [4.69, 9.17) is 4.74 Å². The van der Waals surface area contributed by atoms with Crippen molar-refractivity contribution in [1.82, 2.24) is 9.88 Å². The van der Waals surface area contributed by atoms with Crippen molar-refractivity contribution in [3.63, 3.8) is 0 Å². The summed E-state index contributed by atoms with van der Waals surface area (Å²) >= 11 is 3.13. The summed E-state index contributed by atoms with van der Waals surface area (Å²) in [7, 11) is 3.32. The van der Waals surface area contributed by atoms with Gasteiger partial charge in [-0.05, 0) is 29.4 Å². The topological polar surface area (TPSA) is 42.4 Å². The second-order valence-corrected chi connectivity index (χ2v) is 5.38. The molecule has 0 aliphatic rings. The minimum absolute atomic E-state index is 0.244. The highest BCUT2D eigenvalue weighted by Crippen LogP contribution is 2.24. The minimum atomic E-state index is -0.372. The molecule has 2 aromatic rings. The summed E-state index contributed by atoms with van der Waals surface area (Å²) in [4.78, 5) is 18.1. The molecule has 1 atom stereocenters. The molecule has 0 saturated heterocycles. The van der Waals surface area contributed by atoms with Gasteiger partial charge in [0.25, 0.3) is 0 Å². The molecular weight excluding hydrogens is 268 g/mol. The predicted octanol–water partition coefficient (Wildman–Crippen LogP) is 2.55. The van der Waals surface area contributed by atoms with Crippen LogP contribution in [0.25, 0.3) is 0 Å². The standard InChI is InChI=1S/C12H14N2O2S2/c1-14(5-10-7-18-8-13-10)11(12(15)16-2)9-3-4-17-6-9/h3-4,6-8,11H,5H2,1-2H3. The van der Waals surface area contributed by atoms with E-state index >= 15 is 0 Å². The lowest BCUT2D eigenvalue weighted by Gasteiger charge is -2.24. The molecule has 2 heterocycles. The molecule has 4 nitrogen and oxygen atoms in total. The summed E-state index contributed by atoms with van der Waals surface area (Å²) in [5.41, 5.74) is 3.72. The van der Waals surface area contributed by atoms with Crippen LogP contribution < -0.4 is 0 Å². The minimum Gasteiger partial charge on any atom is -0.468 e. The van der Waals surface area contributed by atoms with Crippen LogP contribution in [0.2, 0.25) is 0 Å². The van der Waals surface area contributed by atoms with Gasteiger partial charge in [0.15, 0.2) is 0 Å². The fraction of sp³-hybridized carbons (Fsp3) is 0.333. The number of aromatic nitrogens is 1. The quantitative estimate of drug-likeness (QED) is 0.790. The number of hydrogen-bond donors (Lipinski definition) is 0. The fourth-order valence-electron chi connectivity index (χ4n) is 1.78. The average molecular weight is 282 g/mol. The van der Waals surface area contributed by atoms with Crippen LogP contribution in [0.3, 0.4) is 0 Å². The largest absolute Gasteiger partial charge is 0.468 e. The summed E-state index contributed by atoms with van der Waals surface area (Å²) in [5, 5.41) is 5.92. The lowest BCUT2D eigenvalue weighted by molar-refractivity contribution is -0.147. The van der Waals surface area contributed by atoms with Gasteiger partial charge in [-0.25, -0.2) is 9.78 Å². The van der Waals surface area contributed by atoms with E-state index in [-0.39, 0.29) is 12.0 Å². The zero-order valence-corrected chi connectivity index (χ0v) is 11.8. The number of likely N-dealkylation sites (N-methyl/N-ethyl adjacent to an activating group) is 1. The van der Waals surface area contributed by atoms with E-state index in [9.17, 15) is 4.79 Å². The molecular formula is C12H14N2O2S2. The maximum atomic E-state index is 11.9. The maximum Gasteiger partial charge on any atom is 0.327 e. The zero-order valence-electron chi connectivity index (χ0n) is 10.2. The second-order valence-electron chi connectivity index (χ2n) is 3.88. The number of carbonyl (C=O) groups excluding carboxylic acids is 1. The molecule has 0 aromatic carbocycles. The van der Waals surface area contributed by atoms with E-state index in [0.717, 1.165) is 11.3 Å². The Hall–Kier alpha value is -1.24. The molecule has 18 heavy (non-hydrogen) atoms. The number of thiophene rings is 1. The van der Waals surface area contributed by atoms with E-state index in [1.165, 1.54) is 7.11 Å². The first kappa shape index (κ1) is 13.2. The first-order valence-electron chi connectivity index (χ1n) is 5.39. The predicted molar refractivity (Wildman–Crippen MR) is 72.7 cm³/mol. The lowest BCUT2D eigenvalue weighted by Crippen LogP contribution is -2.31. The Morgan fingerprint density at radius 3 is 2.89 bits per heavy atom. The van der Waals surface area contributed by atoms with Crippen molar-refractivity contribution < 1.29 is 9.53 Å². The number of esters is 1. The van der Waals surface area contributed by atoms with Crippen molar-refractivity contribution in [1.29, 1.82) is 0 Å². The van der Waals surface area contributed by atoms with Gasteiger partial charge >= 0.3 is 5.97 Å². The molecule has 0 saturated carbocycles. The number of thiazole rings is 1. The zero-order chi connectivity index (χ0) is 13.0. The molecule has 0 spiro atoms. The van der Waals surface area contributed by atoms with Gasteiger partial charge in [-0.3, -0.25) is 4.90 Å². The number of rotatable bonds is 5. The number of hydrogen-bond acceptors (Lipinski definition) is 6. The van der Waals surface area contributed by atoms with Crippen molar-refractivity contribution in [2.45, 2.75) is 12.6 Å². The van der Waals surface area contributed by atoms with Crippen molar-refractivity contribution in [3.8, 4) is 0 Å². The van der Waals surface area contributed by atoms with Crippen molar-refractivity contribution >= 4 is 28.6 Å². The van der Waals surface area contributed by atoms with Crippen LogP contribution in [0.4, 0.5) is 0 Å². The number of carbonyl (C=O) groups is 1. The Bertz CT molecular complexity index is 482. The van der Waals surface area contributed by atoms with Crippen molar-refractivity contribution in [3.05, 3.63) is 39.0 Å². The average Bonchev–Trinajstić information content (AvgIpc) is 3.02. The van der Waals surface area contributed by atoms with Crippen molar-refractivity contribution in [2.75, 3.05) is 14.2 Å². The third-order valence-corrected chi connectivity index (χ3v) is 3.96. The maximum absolute atomic E-state index is 11.9. The van der Waals surface area contributed by atoms with Gasteiger partial charge in [-0.2, -0.15) is 11.3 Å². The fourth-order valence-corrected chi connectivity index (χ4v) is 3.00. The molecule has 96 valence electrons. The van der Waals surface area contributed by atoms with E-state index in [1.54, 1.807) is 28.2 Å². The number of nitrogens with zero attached hydrogens (tertiary/aromatic N) is 2. The van der Waals surface area contributed by atoms with E-state index < -0.39 is 0 Å². The number of methoxy groups -OCH3 is 1. The Balaban J connectivity index is 2.16. The molecule has 0 bridgehead atoms. The number of ether oxygens (including phenoxy) is 1. The van der Waals surface area contributed by atoms with Gasteiger partial charge in [0.2, 0.25) is 0 Å². The van der Waals surface area contributed by atoms with Crippen LogP contribution in [0.15, 0.2) is 27.7 Å². The van der Waals surface area contributed by atoms with Gasteiger partial charge in [-0.15, -0.1) is 11.3 Å². The molecule has 2 rings (SSSR count). The SMILES string of the molecule is COC(=O)C(c1ccsc1)N(C)Cc1cscn1. The highest BCUT2D eigenvalue weighted by Gasteiger charge is 2.26. The molecule has 0 fully saturated rings. The Labute approximate surface area is 114 Å². The summed E-state index contributed by atoms with van der Waals surface area (Å²) in [5.74, 6) is -0.244. The molecule has 1 unspecified atom stereocenters. The molecule has 0 amide bonds. The molecule has 2 aromatic heterocycles. The van der Waals surface area contributed by atoms with E-state index in [1.807, 2.05) is 34.2 Å². The van der Waals surface area contributed by atoms with Gasteiger partial charge in [-0.1, -0.05) is 0 Å². The molecule has 0 aliphatic carbocycles. The van der Waals surface area contributed by atoms with E-state index in [2.05, 4.69) is 4.98 Å². The third kappa shape index (κ3) is 2.95. The summed E-state index contributed by atoms with van der Waals surface area (Å²) in [6.45, 7) is 0.624. The molecule has 0 N–H and O–H groups in total. The smallest absolute Gasteiger partial charge is 0.327 e. The van der Waals surface area contributed by atoms with Crippen LogP contribution in [0.1, 0.15) is 17.3 Å². The second kappa shape index (κ2) is 6.08. The van der Waals surface area contributed by atoms with Crippen LogP contribution >= 0.6 is 22.7 Å². The van der Waals surface area contributed by atoms with Crippen LogP contribution in [0.5, 0.6) is 0 Å². The summed E-state index contributed by atoms with van der Waals surface area (Å²) in [6.07, 6.45) is 0. The summed E-state index contributed by atoms with van der Waals surface area (Å²) in [6, 6.07) is 1.58. The first-order valence-corrected chi connectivity index (χ1v) is 7.28. The third-order valence-electron chi connectivity index (χ3n) is 2.62. The Kier molecular flexibility index (Phi) is 4.46. The normalized spacial score (nSPS) is 12.6. The van der Waals surface area contributed by atoms with Gasteiger partial charge < -0.3 is 4.74 Å². The van der Waals surface area contributed by atoms with Crippen LogP contribution in [-0.2, 0) is 16.1 Å². The van der Waals surface area contributed by atoms with Crippen LogP contribution in [0, 0.1) is 0 Å². The van der Waals surface area contributed by atoms with Crippen LogP contribution in [-0.4, -0.2) is 30.0 Å². The van der Waals surface area contributed by atoms with E-state index in [0.29, 0.717) is 6.54 Å².